The van der Waals surface area contributed by atoms with Gasteiger partial charge in [-0.05, 0) is 24.6 Å². The molecule has 1 fully saturated rings. The van der Waals surface area contributed by atoms with Gasteiger partial charge in [0.15, 0.2) is 0 Å². The Balaban J connectivity index is 2.02. The lowest BCUT2D eigenvalue weighted by atomic mass is 9.94. The Bertz CT molecular complexity index is 989. The number of piperazine rings is 1. The van der Waals surface area contributed by atoms with Crippen molar-refractivity contribution in [3.8, 4) is 0 Å². The highest BCUT2D eigenvalue weighted by Crippen LogP contribution is 2.35. The van der Waals surface area contributed by atoms with E-state index < -0.39 is 12.0 Å². The van der Waals surface area contributed by atoms with E-state index in [4.69, 9.17) is 27.9 Å². The Morgan fingerprint density at radius 1 is 1.18 bits per heavy atom. The molecule has 1 N–H and O–H groups in total. The first kappa shape index (κ1) is 26.1. The Morgan fingerprint density at radius 3 is 2.47 bits per heavy atom. The lowest BCUT2D eigenvalue weighted by Crippen LogP contribution is -2.53. The van der Waals surface area contributed by atoms with Crippen molar-refractivity contribution in [1.82, 2.24) is 20.0 Å². The fourth-order valence-corrected chi connectivity index (χ4v) is 4.48. The number of nitrogens with zero attached hydrogens (tertiary/aromatic N) is 3. The van der Waals surface area contributed by atoms with Crippen molar-refractivity contribution in [1.29, 1.82) is 0 Å². The van der Waals surface area contributed by atoms with Crippen LogP contribution in [0.4, 0.5) is 4.79 Å². The highest BCUT2D eigenvalue weighted by molar-refractivity contribution is 6.42. The van der Waals surface area contributed by atoms with Gasteiger partial charge in [-0.1, -0.05) is 42.3 Å². The van der Waals surface area contributed by atoms with Gasteiger partial charge in [0, 0.05) is 51.4 Å². The number of halogens is 2. The van der Waals surface area contributed by atoms with E-state index in [1.807, 2.05) is 11.8 Å². The van der Waals surface area contributed by atoms with Crippen LogP contribution >= 0.6 is 23.2 Å². The summed E-state index contributed by atoms with van der Waals surface area (Å²) in [4.78, 5) is 43.9. The minimum absolute atomic E-state index is 0.121. The molecule has 0 aliphatic carbocycles. The first-order valence-electron chi connectivity index (χ1n) is 11.3. The maximum atomic E-state index is 13.2. The van der Waals surface area contributed by atoms with E-state index in [1.54, 1.807) is 31.2 Å². The molecule has 184 valence electrons. The molecule has 2 aliphatic rings. The van der Waals surface area contributed by atoms with Crippen molar-refractivity contribution in [3.05, 3.63) is 57.7 Å². The highest BCUT2D eigenvalue weighted by atomic mass is 35.5. The zero-order valence-electron chi connectivity index (χ0n) is 19.5. The van der Waals surface area contributed by atoms with Gasteiger partial charge in [-0.2, -0.15) is 0 Å². The third-order valence-corrected chi connectivity index (χ3v) is 6.66. The van der Waals surface area contributed by atoms with Crippen LogP contribution in [0.25, 0.3) is 0 Å². The third-order valence-electron chi connectivity index (χ3n) is 5.92. The van der Waals surface area contributed by atoms with Crippen LogP contribution in [0.15, 0.2) is 42.1 Å². The lowest BCUT2D eigenvalue weighted by molar-refractivity contribution is -0.139. The van der Waals surface area contributed by atoms with Crippen molar-refractivity contribution < 1.29 is 19.1 Å². The van der Waals surface area contributed by atoms with E-state index >= 15 is 0 Å². The molecule has 34 heavy (non-hydrogen) atoms. The predicted molar refractivity (Wildman–Crippen MR) is 132 cm³/mol. The van der Waals surface area contributed by atoms with Gasteiger partial charge >= 0.3 is 12.0 Å². The summed E-state index contributed by atoms with van der Waals surface area (Å²) in [7, 11) is 0. The average Bonchev–Trinajstić information content (AvgIpc) is 2.83. The van der Waals surface area contributed by atoms with Crippen molar-refractivity contribution in [3.63, 3.8) is 0 Å². The summed E-state index contributed by atoms with van der Waals surface area (Å²) in [5.41, 5.74) is 1.52. The molecule has 0 bridgehead atoms. The highest BCUT2D eigenvalue weighted by Gasteiger charge is 2.39. The number of ether oxygens (including phenoxy) is 1. The summed E-state index contributed by atoms with van der Waals surface area (Å²) >= 11 is 12.3. The molecule has 1 aromatic carbocycles. The second-order valence-corrected chi connectivity index (χ2v) is 8.86. The number of rotatable bonds is 8. The average molecular weight is 509 g/mol. The summed E-state index contributed by atoms with van der Waals surface area (Å²) in [5, 5.41) is 3.61. The van der Waals surface area contributed by atoms with Crippen LogP contribution < -0.4 is 5.32 Å². The molecule has 1 atom stereocenters. The number of carbonyl (C=O) groups excluding carboxylic acids is 3. The van der Waals surface area contributed by atoms with Gasteiger partial charge < -0.3 is 15.0 Å². The quantitative estimate of drug-likeness (QED) is 0.428. The molecule has 1 saturated heterocycles. The molecule has 0 aromatic heterocycles. The van der Waals surface area contributed by atoms with Gasteiger partial charge in [-0.3, -0.25) is 14.6 Å². The summed E-state index contributed by atoms with van der Waals surface area (Å²) < 4.78 is 5.40. The minimum Gasteiger partial charge on any atom is -0.463 e. The minimum atomic E-state index is -0.750. The third kappa shape index (κ3) is 5.74. The summed E-state index contributed by atoms with van der Waals surface area (Å²) in [5.74, 6) is -0.390. The largest absolute Gasteiger partial charge is 0.463 e. The molecule has 10 heteroatoms. The van der Waals surface area contributed by atoms with Crippen molar-refractivity contribution in [2.75, 3.05) is 45.9 Å². The molecule has 3 rings (SSSR count). The van der Waals surface area contributed by atoms with Gasteiger partial charge in [0.1, 0.15) is 0 Å². The van der Waals surface area contributed by atoms with E-state index in [2.05, 4.69) is 16.8 Å². The van der Waals surface area contributed by atoms with Gasteiger partial charge in [0.05, 0.1) is 28.3 Å². The van der Waals surface area contributed by atoms with E-state index in [0.717, 1.165) is 0 Å². The van der Waals surface area contributed by atoms with E-state index in [-0.39, 0.29) is 25.1 Å². The zero-order chi connectivity index (χ0) is 24.8. The molecule has 1 aromatic rings. The number of hydrogen-bond acceptors (Lipinski definition) is 5. The van der Waals surface area contributed by atoms with Crippen LogP contribution in [0.2, 0.25) is 10.0 Å². The van der Waals surface area contributed by atoms with Gasteiger partial charge in [-0.15, -0.1) is 6.58 Å². The molecule has 0 unspecified atom stereocenters. The van der Waals surface area contributed by atoms with Crippen molar-refractivity contribution in [2.24, 2.45) is 0 Å². The number of nitrogens with one attached hydrogen (secondary N) is 1. The zero-order valence-corrected chi connectivity index (χ0v) is 21.0. The smallest absolute Gasteiger partial charge is 0.338 e. The van der Waals surface area contributed by atoms with Gasteiger partial charge in [-0.25, -0.2) is 9.59 Å². The fourth-order valence-electron chi connectivity index (χ4n) is 4.18. The van der Waals surface area contributed by atoms with Crippen LogP contribution in [0.1, 0.15) is 31.9 Å². The first-order chi connectivity index (χ1) is 16.3. The summed E-state index contributed by atoms with van der Waals surface area (Å²) in [6, 6.07) is 3.91. The molecule has 0 spiro atoms. The molecule has 0 radical (unpaired) electrons. The number of carbonyl (C=O) groups is 3. The Labute approximate surface area is 210 Å². The first-order valence-corrected chi connectivity index (χ1v) is 12.1. The van der Waals surface area contributed by atoms with Crippen LogP contribution in [0.3, 0.4) is 0 Å². The lowest BCUT2D eigenvalue weighted by Gasteiger charge is -2.40. The van der Waals surface area contributed by atoms with E-state index in [1.165, 1.54) is 4.90 Å². The Morgan fingerprint density at radius 2 is 1.88 bits per heavy atom. The van der Waals surface area contributed by atoms with Crippen molar-refractivity contribution in [2.45, 2.75) is 26.3 Å². The number of hydrogen-bond donors (Lipinski definition) is 1. The maximum Gasteiger partial charge on any atom is 0.338 e. The maximum absolute atomic E-state index is 13.2. The summed E-state index contributed by atoms with van der Waals surface area (Å²) in [6.45, 7) is 10.6. The number of urea groups is 1. The number of esters is 1. The molecular formula is C24H30Cl2N4O4. The van der Waals surface area contributed by atoms with Gasteiger partial charge in [0.2, 0.25) is 5.91 Å². The molecule has 2 aliphatic heterocycles. The fraction of sp³-hybridized carbons (Fsp3) is 0.458. The Hall–Kier alpha value is -2.55. The van der Waals surface area contributed by atoms with Crippen molar-refractivity contribution >= 4 is 41.1 Å². The molecule has 3 amide bonds. The molecule has 0 saturated carbocycles. The summed E-state index contributed by atoms with van der Waals surface area (Å²) in [6.07, 6.45) is 2.08. The molecule has 8 nitrogen and oxygen atoms in total. The standard InChI is InChI=1S/C24H30Cl2N4O4/c1-4-9-30-19(15-28-10-12-29(13-11-28)20(31)5-2)21(23(32)34-6-3)22(27-24(30)33)16-7-8-17(25)18(26)14-16/h4,7-8,14,22H,1,5-6,9-13,15H2,2-3H3,(H,27,33)/t22-/m1/s1. The number of benzene rings is 1. The second-order valence-electron chi connectivity index (χ2n) is 8.05. The Kier molecular flexibility index (Phi) is 8.99. The van der Waals surface area contributed by atoms with E-state index in [9.17, 15) is 14.4 Å². The van der Waals surface area contributed by atoms with Crippen LogP contribution in [0, 0.1) is 0 Å². The normalized spacial score (nSPS) is 19.2. The van der Waals surface area contributed by atoms with Crippen LogP contribution in [-0.4, -0.2) is 78.5 Å². The SMILES string of the molecule is C=CCN1C(=O)N[C@H](c2ccc(Cl)c(Cl)c2)C(C(=O)OCC)=C1CN1CCN(C(=O)CC)CC1. The van der Waals surface area contributed by atoms with Crippen LogP contribution in [0.5, 0.6) is 0 Å². The topological polar surface area (TPSA) is 82.2 Å². The molecular weight excluding hydrogens is 479 g/mol. The van der Waals surface area contributed by atoms with E-state index in [0.29, 0.717) is 66.0 Å². The number of amides is 3. The predicted octanol–water partition coefficient (Wildman–Crippen LogP) is 3.62. The second kappa shape index (κ2) is 11.7. The van der Waals surface area contributed by atoms with Crippen LogP contribution in [-0.2, 0) is 14.3 Å². The monoisotopic (exact) mass is 508 g/mol. The molecule has 2 heterocycles. The van der Waals surface area contributed by atoms with Gasteiger partial charge in [0.25, 0.3) is 0 Å².